The van der Waals surface area contributed by atoms with Crippen molar-refractivity contribution in [3.8, 4) is 0 Å². The minimum atomic E-state index is -0.467. The Labute approximate surface area is 114 Å². The molecule has 0 saturated carbocycles. The highest BCUT2D eigenvalue weighted by Crippen LogP contribution is 2.12. The fourth-order valence-electron chi connectivity index (χ4n) is 2.48. The summed E-state index contributed by atoms with van der Waals surface area (Å²) in [7, 11) is 0. The molecule has 0 radical (unpaired) electrons. The molecular weight excluding hydrogens is 240 g/mol. The molecule has 2 rings (SSSR count). The number of carbonyl (C=O) groups excluding carboxylic acids is 1. The second kappa shape index (κ2) is 6.68. The van der Waals surface area contributed by atoms with Crippen molar-refractivity contribution in [2.75, 3.05) is 13.1 Å². The van der Waals surface area contributed by atoms with E-state index in [-0.39, 0.29) is 12.0 Å². The summed E-state index contributed by atoms with van der Waals surface area (Å²) in [5.74, 6) is -0.0327. The Balaban J connectivity index is 1.82. The number of aliphatic hydroxyl groups excluding tert-OH is 1. The molecule has 0 aliphatic carbocycles. The number of rotatable bonds is 4. The molecule has 1 fully saturated rings. The van der Waals surface area contributed by atoms with Crippen LogP contribution in [0, 0.1) is 0 Å². The maximum Gasteiger partial charge on any atom is 0.239 e. The minimum Gasteiger partial charge on any atom is -0.391 e. The van der Waals surface area contributed by atoms with Crippen molar-refractivity contribution < 1.29 is 9.90 Å². The van der Waals surface area contributed by atoms with E-state index in [1.807, 2.05) is 30.3 Å². The van der Waals surface area contributed by atoms with Crippen LogP contribution in [-0.2, 0) is 11.2 Å². The van der Waals surface area contributed by atoms with Crippen LogP contribution in [0.25, 0.3) is 0 Å². The third-order valence-electron chi connectivity index (χ3n) is 3.61. The molecule has 4 heteroatoms. The number of hydrogen-bond acceptors (Lipinski definition) is 3. The molecule has 0 aromatic heterocycles. The normalized spacial score (nSPS) is 21.2. The number of nitrogens with zero attached hydrogens (tertiary/aromatic N) is 1. The van der Waals surface area contributed by atoms with Gasteiger partial charge in [0.1, 0.15) is 0 Å². The number of amides is 1. The first-order valence-electron chi connectivity index (χ1n) is 6.93. The monoisotopic (exact) mass is 262 g/mol. The Kier molecular flexibility index (Phi) is 4.93. The average molecular weight is 262 g/mol. The lowest BCUT2D eigenvalue weighted by Gasteiger charge is -2.32. The van der Waals surface area contributed by atoms with Crippen molar-refractivity contribution in [3.63, 3.8) is 0 Å². The standard InChI is InChI=1S/C15H22N2O2/c16-14(9-8-12-5-2-1-3-6-12)15(19)17-10-4-7-13(18)11-17/h1-3,5-6,13-14,18H,4,7-11,16H2/t13?,14-/m0/s1. The van der Waals surface area contributed by atoms with Crippen LogP contribution >= 0.6 is 0 Å². The largest absolute Gasteiger partial charge is 0.391 e. The molecule has 3 N–H and O–H groups in total. The number of piperidine rings is 1. The maximum atomic E-state index is 12.2. The lowest BCUT2D eigenvalue weighted by atomic mass is 10.0. The predicted octanol–water partition coefficient (Wildman–Crippen LogP) is 0.930. The Morgan fingerprint density at radius 3 is 2.84 bits per heavy atom. The summed E-state index contributed by atoms with van der Waals surface area (Å²) in [5.41, 5.74) is 7.17. The molecule has 104 valence electrons. The van der Waals surface area contributed by atoms with Gasteiger partial charge >= 0.3 is 0 Å². The van der Waals surface area contributed by atoms with Crippen molar-refractivity contribution in [2.24, 2.45) is 5.73 Å². The molecule has 1 unspecified atom stereocenters. The van der Waals surface area contributed by atoms with Gasteiger partial charge in [0.25, 0.3) is 0 Å². The summed E-state index contributed by atoms with van der Waals surface area (Å²) >= 11 is 0. The van der Waals surface area contributed by atoms with Crippen molar-refractivity contribution in [1.82, 2.24) is 4.90 Å². The van der Waals surface area contributed by atoms with Crippen molar-refractivity contribution in [3.05, 3.63) is 35.9 Å². The van der Waals surface area contributed by atoms with Gasteiger partial charge in [-0.3, -0.25) is 4.79 Å². The number of nitrogens with two attached hydrogens (primary N) is 1. The SMILES string of the molecule is N[C@@H](CCc1ccccc1)C(=O)N1CCCC(O)C1. The van der Waals surface area contributed by atoms with Gasteiger partial charge in [0.05, 0.1) is 12.1 Å². The first-order chi connectivity index (χ1) is 9.16. The molecule has 2 atom stereocenters. The Hall–Kier alpha value is -1.39. The van der Waals surface area contributed by atoms with E-state index in [1.165, 1.54) is 5.56 Å². The number of aliphatic hydroxyl groups is 1. The van der Waals surface area contributed by atoms with Crippen LogP contribution in [0.2, 0.25) is 0 Å². The van der Waals surface area contributed by atoms with E-state index in [0.717, 1.165) is 25.8 Å². The van der Waals surface area contributed by atoms with Gasteiger partial charge in [0, 0.05) is 13.1 Å². The van der Waals surface area contributed by atoms with E-state index in [4.69, 9.17) is 5.73 Å². The van der Waals surface area contributed by atoms with E-state index in [2.05, 4.69) is 0 Å². The van der Waals surface area contributed by atoms with Crippen LogP contribution in [0.1, 0.15) is 24.8 Å². The zero-order chi connectivity index (χ0) is 13.7. The molecule has 1 saturated heterocycles. The highest BCUT2D eigenvalue weighted by molar-refractivity contribution is 5.81. The molecule has 1 aliphatic heterocycles. The van der Waals surface area contributed by atoms with Gasteiger partial charge in [0.2, 0.25) is 5.91 Å². The summed E-state index contributed by atoms with van der Waals surface area (Å²) in [5, 5.41) is 9.58. The molecule has 1 amide bonds. The fourth-order valence-corrected chi connectivity index (χ4v) is 2.48. The molecule has 1 aromatic carbocycles. The molecule has 19 heavy (non-hydrogen) atoms. The molecule has 1 heterocycles. The number of benzene rings is 1. The van der Waals surface area contributed by atoms with Gasteiger partial charge in [-0.1, -0.05) is 30.3 Å². The predicted molar refractivity (Wildman–Crippen MR) is 74.6 cm³/mol. The van der Waals surface area contributed by atoms with Crippen LogP contribution in [0.4, 0.5) is 0 Å². The zero-order valence-electron chi connectivity index (χ0n) is 11.2. The van der Waals surface area contributed by atoms with Crippen LogP contribution in [0.3, 0.4) is 0 Å². The topological polar surface area (TPSA) is 66.6 Å². The number of carbonyl (C=O) groups is 1. The van der Waals surface area contributed by atoms with Gasteiger partial charge in [-0.2, -0.15) is 0 Å². The first kappa shape index (κ1) is 14.0. The van der Waals surface area contributed by atoms with E-state index in [1.54, 1.807) is 4.90 Å². The highest BCUT2D eigenvalue weighted by atomic mass is 16.3. The van der Waals surface area contributed by atoms with E-state index in [9.17, 15) is 9.90 Å². The first-order valence-corrected chi connectivity index (χ1v) is 6.93. The molecule has 4 nitrogen and oxygen atoms in total. The van der Waals surface area contributed by atoms with Crippen LogP contribution in [0.5, 0.6) is 0 Å². The van der Waals surface area contributed by atoms with Crippen molar-refractivity contribution in [1.29, 1.82) is 0 Å². The summed E-state index contributed by atoms with van der Waals surface area (Å²) in [6.45, 7) is 1.15. The van der Waals surface area contributed by atoms with Gasteiger partial charge in [0.15, 0.2) is 0 Å². The average Bonchev–Trinajstić information content (AvgIpc) is 2.45. The number of β-amino-alcohol motifs (C(OH)–C–C–N with tert-alkyl or cyclic N) is 1. The summed E-state index contributed by atoms with van der Waals surface area (Å²) in [6.07, 6.45) is 2.71. The summed E-state index contributed by atoms with van der Waals surface area (Å²) < 4.78 is 0. The summed E-state index contributed by atoms with van der Waals surface area (Å²) in [6, 6.07) is 9.58. The van der Waals surface area contributed by atoms with E-state index < -0.39 is 6.04 Å². The fraction of sp³-hybridized carbons (Fsp3) is 0.533. The quantitative estimate of drug-likeness (QED) is 0.848. The van der Waals surface area contributed by atoms with Crippen LogP contribution in [0.15, 0.2) is 30.3 Å². The highest BCUT2D eigenvalue weighted by Gasteiger charge is 2.25. The smallest absolute Gasteiger partial charge is 0.239 e. The van der Waals surface area contributed by atoms with Crippen LogP contribution in [-0.4, -0.2) is 41.1 Å². The number of likely N-dealkylation sites (tertiary alicyclic amines) is 1. The van der Waals surface area contributed by atoms with E-state index in [0.29, 0.717) is 13.0 Å². The van der Waals surface area contributed by atoms with Gasteiger partial charge < -0.3 is 15.7 Å². The Morgan fingerprint density at radius 2 is 2.16 bits per heavy atom. The third-order valence-corrected chi connectivity index (χ3v) is 3.61. The lowest BCUT2D eigenvalue weighted by molar-refractivity contribution is -0.135. The lowest BCUT2D eigenvalue weighted by Crippen LogP contribution is -2.49. The Bertz CT molecular complexity index is 408. The molecule has 0 bridgehead atoms. The maximum absolute atomic E-state index is 12.2. The second-order valence-electron chi connectivity index (χ2n) is 5.21. The Morgan fingerprint density at radius 1 is 1.42 bits per heavy atom. The molecule has 1 aromatic rings. The van der Waals surface area contributed by atoms with Gasteiger partial charge in [-0.15, -0.1) is 0 Å². The molecule has 0 spiro atoms. The summed E-state index contributed by atoms with van der Waals surface area (Å²) in [4.78, 5) is 13.9. The van der Waals surface area contributed by atoms with E-state index >= 15 is 0 Å². The van der Waals surface area contributed by atoms with Gasteiger partial charge in [-0.25, -0.2) is 0 Å². The number of aryl methyl sites for hydroxylation is 1. The van der Waals surface area contributed by atoms with Crippen LogP contribution < -0.4 is 5.73 Å². The second-order valence-corrected chi connectivity index (χ2v) is 5.21. The van der Waals surface area contributed by atoms with Crippen molar-refractivity contribution in [2.45, 2.75) is 37.8 Å². The minimum absolute atomic E-state index is 0.0327. The number of hydrogen-bond donors (Lipinski definition) is 2. The zero-order valence-corrected chi connectivity index (χ0v) is 11.2. The molecule has 1 aliphatic rings. The third kappa shape index (κ3) is 4.04. The van der Waals surface area contributed by atoms with Crippen molar-refractivity contribution >= 4 is 5.91 Å². The van der Waals surface area contributed by atoms with Gasteiger partial charge in [-0.05, 0) is 31.2 Å². The molecular formula is C15H22N2O2.